The smallest absolute Gasteiger partial charge is 0.261 e. The van der Waals surface area contributed by atoms with Gasteiger partial charge in [0.25, 0.3) is 5.56 Å². The predicted octanol–water partition coefficient (Wildman–Crippen LogP) is 2.97. The number of piperidine rings is 1. The first-order valence-corrected chi connectivity index (χ1v) is 10.8. The summed E-state index contributed by atoms with van der Waals surface area (Å²) >= 11 is 1.41. The number of thiazole rings is 1. The average Bonchev–Trinajstić information content (AvgIpc) is 3.10. The number of carbonyl (C=O) groups excluding carboxylic acids is 1. The van der Waals surface area contributed by atoms with E-state index in [2.05, 4.69) is 34.0 Å². The van der Waals surface area contributed by atoms with E-state index in [0.717, 1.165) is 25.3 Å². The Morgan fingerprint density at radius 2 is 2.00 bits per heavy atom. The summed E-state index contributed by atoms with van der Waals surface area (Å²) in [5, 5.41) is 5.86. The summed E-state index contributed by atoms with van der Waals surface area (Å²) < 4.78 is 1.32. The number of hydrogen-bond acceptors (Lipinski definition) is 6. The van der Waals surface area contributed by atoms with E-state index in [1.54, 1.807) is 18.2 Å². The molecular weight excluding hydrogens is 386 g/mol. The zero-order chi connectivity index (χ0) is 20.4. The lowest BCUT2D eigenvalue weighted by Crippen LogP contribution is -2.38. The molecule has 4 rings (SSSR count). The highest BCUT2D eigenvalue weighted by molar-refractivity contribution is 7.13. The first-order chi connectivity index (χ1) is 14.0. The Hall–Kier alpha value is -2.58. The first kappa shape index (κ1) is 19.7. The van der Waals surface area contributed by atoms with Gasteiger partial charge in [0.1, 0.15) is 6.54 Å². The van der Waals surface area contributed by atoms with Crippen molar-refractivity contribution in [2.24, 2.45) is 11.8 Å². The SMILES string of the molecule is CC1CC(C)CN(Cc2csc(NC(=O)Cn3cnc4ccccc4c3=O)n2)C1. The highest BCUT2D eigenvalue weighted by Crippen LogP contribution is 2.24. The van der Waals surface area contributed by atoms with Crippen LogP contribution in [0.15, 0.2) is 40.8 Å². The van der Waals surface area contributed by atoms with Crippen LogP contribution in [0.3, 0.4) is 0 Å². The van der Waals surface area contributed by atoms with Gasteiger partial charge in [0.15, 0.2) is 5.13 Å². The molecule has 2 atom stereocenters. The van der Waals surface area contributed by atoms with Gasteiger partial charge in [0.2, 0.25) is 5.91 Å². The van der Waals surface area contributed by atoms with Crippen molar-refractivity contribution in [1.82, 2.24) is 19.4 Å². The summed E-state index contributed by atoms with van der Waals surface area (Å²) in [5.74, 6) is 1.11. The van der Waals surface area contributed by atoms with E-state index < -0.39 is 0 Å². The minimum absolute atomic E-state index is 0.0905. The van der Waals surface area contributed by atoms with E-state index in [1.807, 2.05) is 11.4 Å². The summed E-state index contributed by atoms with van der Waals surface area (Å²) in [6, 6.07) is 7.12. The highest BCUT2D eigenvalue weighted by Gasteiger charge is 2.22. The average molecular weight is 412 g/mol. The van der Waals surface area contributed by atoms with Crippen LogP contribution >= 0.6 is 11.3 Å². The second kappa shape index (κ2) is 8.42. The number of nitrogens with one attached hydrogen (secondary N) is 1. The van der Waals surface area contributed by atoms with Crippen LogP contribution in [0.5, 0.6) is 0 Å². The van der Waals surface area contributed by atoms with Gasteiger partial charge >= 0.3 is 0 Å². The Labute approximate surface area is 173 Å². The molecule has 3 heterocycles. The maximum atomic E-state index is 12.5. The highest BCUT2D eigenvalue weighted by atomic mass is 32.1. The molecule has 0 aliphatic carbocycles. The second-order valence-electron chi connectivity index (χ2n) is 8.03. The van der Waals surface area contributed by atoms with Crippen LogP contribution in [-0.4, -0.2) is 38.4 Å². The Kier molecular flexibility index (Phi) is 5.73. The lowest BCUT2D eigenvalue weighted by Gasteiger charge is -2.34. The number of aromatic nitrogens is 3. The third-order valence-electron chi connectivity index (χ3n) is 5.17. The van der Waals surface area contributed by atoms with Crippen molar-refractivity contribution in [3.8, 4) is 0 Å². The maximum Gasteiger partial charge on any atom is 0.261 e. The van der Waals surface area contributed by atoms with Gasteiger partial charge in [-0.05, 0) is 30.4 Å². The van der Waals surface area contributed by atoms with Gasteiger partial charge in [-0.15, -0.1) is 11.3 Å². The number of benzene rings is 1. The second-order valence-corrected chi connectivity index (χ2v) is 8.89. The number of nitrogens with zero attached hydrogens (tertiary/aromatic N) is 4. The number of para-hydroxylation sites is 1. The van der Waals surface area contributed by atoms with Crippen LogP contribution in [0.25, 0.3) is 10.9 Å². The molecule has 3 aromatic rings. The lowest BCUT2D eigenvalue weighted by molar-refractivity contribution is -0.116. The van der Waals surface area contributed by atoms with E-state index in [1.165, 1.54) is 28.7 Å². The van der Waals surface area contributed by atoms with E-state index in [-0.39, 0.29) is 18.0 Å². The van der Waals surface area contributed by atoms with Crippen molar-refractivity contribution in [3.05, 3.63) is 52.0 Å². The summed E-state index contributed by atoms with van der Waals surface area (Å²) in [5.41, 5.74) is 1.37. The van der Waals surface area contributed by atoms with E-state index >= 15 is 0 Å². The zero-order valence-electron chi connectivity index (χ0n) is 16.7. The molecule has 0 saturated carbocycles. The van der Waals surface area contributed by atoms with Crippen LogP contribution in [-0.2, 0) is 17.9 Å². The Morgan fingerprint density at radius 3 is 2.79 bits per heavy atom. The van der Waals surface area contributed by atoms with Gasteiger partial charge in [-0.25, -0.2) is 9.97 Å². The van der Waals surface area contributed by atoms with Gasteiger partial charge in [0, 0.05) is 25.0 Å². The normalized spacial score (nSPS) is 20.1. The molecule has 2 unspecified atom stereocenters. The molecule has 1 aromatic carbocycles. The van der Waals surface area contributed by atoms with Gasteiger partial charge in [-0.2, -0.15) is 0 Å². The number of carbonyl (C=O) groups is 1. The maximum absolute atomic E-state index is 12.5. The Morgan fingerprint density at radius 1 is 1.24 bits per heavy atom. The minimum Gasteiger partial charge on any atom is -0.300 e. The number of rotatable bonds is 5. The molecule has 2 aromatic heterocycles. The molecule has 1 amide bonds. The van der Waals surface area contributed by atoms with E-state index in [4.69, 9.17) is 0 Å². The number of hydrogen-bond donors (Lipinski definition) is 1. The summed E-state index contributed by atoms with van der Waals surface area (Å²) in [6.07, 6.45) is 2.69. The van der Waals surface area contributed by atoms with Gasteiger partial charge in [0.05, 0.1) is 22.9 Å². The third kappa shape index (κ3) is 4.71. The van der Waals surface area contributed by atoms with Crippen molar-refractivity contribution in [2.75, 3.05) is 18.4 Å². The fourth-order valence-corrected chi connectivity index (χ4v) is 4.84. The molecule has 0 bridgehead atoms. The third-order valence-corrected chi connectivity index (χ3v) is 5.98. The van der Waals surface area contributed by atoms with Gasteiger partial charge in [-0.1, -0.05) is 26.0 Å². The first-order valence-electron chi connectivity index (χ1n) is 9.88. The topological polar surface area (TPSA) is 80.1 Å². The molecule has 1 fully saturated rings. The summed E-state index contributed by atoms with van der Waals surface area (Å²) in [6.45, 7) is 7.46. The van der Waals surface area contributed by atoms with Gasteiger partial charge in [-0.3, -0.25) is 19.1 Å². The molecule has 0 spiro atoms. The molecule has 1 N–H and O–H groups in total. The van der Waals surface area contributed by atoms with Crippen molar-refractivity contribution in [3.63, 3.8) is 0 Å². The molecule has 29 heavy (non-hydrogen) atoms. The summed E-state index contributed by atoms with van der Waals surface area (Å²) in [4.78, 5) is 36.2. The fourth-order valence-electron chi connectivity index (χ4n) is 4.12. The van der Waals surface area contributed by atoms with Crippen molar-refractivity contribution in [2.45, 2.75) is 33.4 Å². The number of amides is 1. The van der Waals surface area contributed by atoms with Crippen LogP contribution in [0.1, 0.15) is 26.0 Å². The molecule has 1 aliphatic rings. The largest absolute Gasteiger partial charge is 0.300 e. The standard InChI is InChI=1S/C21H25N5O2S/c1-14-7-15(2)9-25(8-14)10-16-12-29-21(23-16)24-19(27)11-26-13-22-18-6-4-3-5-17(18)20(26)28/h3-6,12-15H,7-11H2,1-2H3,(H,23,24,27). The lowest BCUT2D eigenvalue weighted by atomic mass is 9.92. The molecule has 1 saturated heterocycles. The minimum atomic E-state index is -0.287. The van der Waals surface area contributed by atoms with Crippen LogP contribution < -0.4 is 10.9 Å². The monoisotopic (exact) mass is 411 g/mol. The molecule has 8 heteroatoms. The molecule has 7 nitrogen and oxygen atoms in total. The van der Waals surface area contributed by atoms with Crippen LogP contribution in [0, 0.1) is 11.8 Å². The van der Waals surface area contributed by atoms with Crippen molar-refractivity contribution in [1.29, 1.82) is 0 Å². The molecule has 152 valence electrons. The quantitative estimate of drug-likeness (QED) is 0.698. The fraction of sp³-hybridized carbons (Fsp3) is 0.429. The number of fused-ring (bicyclic) bond motifs is 1. The van der Waals surface area contributed by atoms with Crippen molar-refractivity contribution < 1.29 is 4.79 Å². The molecule has 0 radical (unpaired) electrons. The Balaban J connectivity index is 1.38. The van der Waals surface area contributed by atoms with Crippen molar-refractivity contribution >= 4 is 33.3 Å². The molecular formula is C21H25N5O2S. The number of likely N-dealkylation sites (tertiary alicyclic amines) is 1. The predicted molar refractivity (Wildman–Crippen MR) is 115 cm³/mol. The number of anilines is 1. The van der Waals surface area contributed by atoms with Crippen LogP contribution in [0.4, 0.5) is 5.13 Å². The van der Waals surface area contributed by atoms with Gasteiger partial charge < -0.3 is 5.32 Å². The summed E-state index contributed by atoms with van der Waals surface area (Å²) in [7, 11) is 0. The Bertz CT molecular complexity index is 1070. The van der Waals surface area contributed by atoms with E-state index in [0.29, 0.717) is 27.9 Å². The van der Waals surface area contributed by atoms with E-state index in [9.17, 15) is 9.59 Å². The zero-order valence-corrected chi connectivity index (χ0v) is 17.5. The van der Waals surface area contributed by atoms with Crippen LogP contribution in [0.2, 0.25) is 0 Å². The molecule has 1 aliphatic heterocycles.